The lowest BCUT2D eigenvalue weighted by molar-refractivity contribution is -0.149. The van der Waals surface area contributed by atoms with Gasteiger partial charge in [-0.15, -0.1) is 0 Å². The van der Waals surface area contributed by atoms with E-state index in [0.29, 0.717) is 16.0 Å². The van der Waals surface area contributed by atoms with Gasteiger partial charge in [0.1, 0.15) is 12.6 Å². The molecule has 0 saturated heterocycles. The topological polar surface area (TPSA) is 128 Å². The number of esters is 1. The van der Waals surface area contributed by atoms with E-state index in [9.17, 15) is 31.6 Å². The van der Waals surface area contributed by atoms with Crippen molar-refractivity contribution in [2.24, 2.45) is 5.92 Å². The summed E-state index contributed by atoms with van der Waals surface area (Å²) in [5, 5.41) is 0.388. The maximum atomic E-state index is 13.3. The number of alkyl halides is 2. The standard InChI is InChI=1S/C31H30Cl2F2N2O8S/c1-4-23(32)22(24(33)5-2)14-26(18-8-11-25(45-31(34)35)27(12-18)43-16-17-6-7-17)44-28(38)15-37-29(39)20-10-9-19(36-46(3,41)42)13-21(20)30(37)40/h4-5,8-13,17,26,31,36H,1,6-7,14-16H2,2-3H3/b23-22+,24-5+/t26-/m0/s1. The second kappa shape index (κ2) is 14.7. The Hall–Kier alpha value is -3.94. The van der Waals surface area contributed by atoms with Crippen LogP contribution >= 0.6 is 23.2 Å². The van der Waals surface area contributed by atoms with Crippen molar-refractivity contribution >= 4 is 56.7 Å². The number of rotatable bonds is 15. The molecule has 1 aliphatic heterocycles. The monoisotopic (exact) mass is 698 g/mol. The number of nitrogens with zero attached hydrogens (tertiary/aromatic N) is 1. The molecule has 46 heavy (non-hydrogen) atoms. The minimum atomic E-state index is -3.66. The molecule has 1 heterocycles. The number of allylic oxidation sites excluding steroid dienone is 4. The van der Waals surface area contributed by atoms with E-state index in [0.717, 1.165) is 19.1 Å². The van der Waals surface area contributed by atoms with Crippen LogP contribution in [0.25, 0.3) is 0 Å². The van der Waals surface area contributed by atoms with Gasteiger partial charge in [-0.2, -0.15) is 8.78 Å². The molecule has 1 N–H and O–H groups in total. The molecule has 2 aromatic carbocycles. The summed E-state index contributed by atoms with van der Waals surface area (Å²) < 4.78 is 67.9. The van der Waals surface area contributed by atoms with E-state index in [2.05, 4.69) is 16.0 Å². The van der Waals surface area contributed by atoms with Crippen LogP contribution in [-0.2, 0) is 19.6 Å². The van der Waals surface area contributed by atoms with Crippen molar-refractivity contribution in [1.82, 2.24) is 4.90 Å². The predicted molar refractivity (Wildman–Crippen MR) is 168 cm³/mol. The molecule has 1 aliphatic carbocycles. The highest BCUT2D eigenvalue weighted by atomic mass is 35.5. The first-order chi connectivity index (χ1) is 21.7. The number of anilines is 1. The summed E-state index contributed by atoms with van der Waals surface area (Å²) in [4.78, 5) is 40.2. The summed E-state index contributed by atoms with van der Waals surface area (Å²) in [6, 6.07) is 7.85. The molecule has 10 nitrogen and oxygen atoms in total. The minimum absolute atomic E-state index is 0.00193. The van der Waals surface area contributed by atoms with Crippen LogP contribution in [0.2, 0.25) is 0 Å². The van der Waals surface area contributed by atoms with Crippen LogP contribution in [0.5, 0.6) is 11.5 Å². The molecule has 2 aromatic rings. The van der Waals surface area contributed by atoms with E-state index in [4.69, 9.17) is 32.7 Å². The molecule has 0 spiro atoms. The van der Waals surface area contributed by atoms with Crippen LogP contribution in [0.15, 0.2) is 70.8 Å². The number of nitrogens with one attached hydrogen (secondary N) is 1. The van der Waals surface area contributed by atoms with Crippen LogP contribution in [-0.4, -0.2) is 57.1 Å². The number of benzene rings is 2. The number of halogens is 4. The van der Waals surface area contributed by atoms with Crippen LogP contribution in [0.1, 0.15) is 58.6 Å². The average molecular weight is 700 g/mol. The molecule has 2 amide bonds. The molecule has 246 valence electrons. The molecule has 0 radical (unpaired) electrons. The first-order valence-electron chi connectivity index (χ1n) is 13.9. The van der Waals surface area contributed by atoms with Gasteiger partial charge < -0.3 is 14.2 Å². The number of carbonyl (C=O) groups excluding carboxylic acids is 3. The molecule has 0 unspecified atom stereocenters. The lowest BCUT2D eigenvalue weighted by Crippen LogP contribution is -2.36. The number of hydrogen-bond acceptors (Lipinski definition) is 8. The van der Waals surface area contributed by atoms with Crippen molar-refractivity contribution in [3.8, 4) is 11.5 Å². The molecule has 15 heteroatoms. The van der Waals surface area contributed by atoms with Gasteiger partial charge >= 0.3 is 12.6 Å². The van der Waals surface area contributed by atoms with Crippen molar-refractivity contribution in [2.75, 3.05) is 24.1 Å². The fourth-order valence-electron chi connectivity index (χ4n) is 4.58. The number of hydrogen-bond donors (Lipinski definition) is 1. The van der Waals surface area contributed by atoms with E-state index in [1.54, 1.807) is 13.0 Å². The van der Waals surface area contributed by atoms with Crippen LogP contribution in [0, 0.1) is 5.92 Å². The van der Waals surface area contributed by atoms with Gasteiger partial charge in [0, 0.05) is 22.2 Å². The lowest BCUT2D eigenvalue weighted by atomic mass is 9.99. The third-order valence-corrected chi connectivity index (χ3v) is 8.40. The van der Waals surface area contributed by atoms with Crippen molar-refractivity contribution < 1.29 is 45.8 Å². The van der Waals surface area contributed by atoms with Crippen molar-refractivity contribution in [3.63, 3.8) is 0 Å². The lowest BCUT2D eigenvalue weighted by Gasteiger charge is -2.23. The molecule has 2 aliphatic rings. The Morgan fingerprint density at radius 3 is 2.41 bits per heavy atom. The first-order valence-corrected chi connectivity index (χ1v) is 16.6. The van der Waals surface area contributed by atoms with Crippen molar-refractivity contribution in [2.45, 2.75) is 38.9 Å². The van der Waals surface area contributed by atoms with Gasteiger partial charge in [-0.1, -0.05) is 48.0 Å². The van der Waals surface area contributed by atoms with E-state index >= 15 is 0 Å². The molecule has 1 saturated carbocycles. The predicted octanol–water partition coefficient (Wildman–Crippen LogP) is 6.54. The minimum Gasteiger partial charge on any atom is -0.489 e. The van der Waals surface area contributed by atoms with Crippen molar-refractivity contribution in [3.05, 3.63) is 87.5 Å². The van der Waals surface area contributed by atoms with Crippen molar-refractivity contribution in [1.29, 1.82) is 0 Å². The highest BCUT2D eigenvalue weighted by molar-refractivity contribution is 7.92. The van der Waals surface area contributed by atoms with Gasteiger partial charge in [-0.05, 0) is 67.2 Å². The highest BCUT2D eigenvalue weighted by Gasteiger charge is 2.38. The number of fused-ring (bicyclic) bond motifs is 1. The summed E-state index contributed by atoms with van der Waals surface area (Å²) in [7, 11) is -3.66. The normalized spacial score (nSPS) is 16.2. The molecule has 1 atom stereocenters. The van der Waals surface area contributed by atoms with Gasteiger partial charge in [0.2, 0.25) is 10.0 Å². The van der Waals surface area contributed by atoms with Gasteiger partial charge in [0.05, 0.1) is 24.0 Å². The third-order valence-electron chi connectivity index (χ3n) is 6.96. The number of carbonyl (C=O) groups is 3. The highest BCUT2D eigenvalue weighted by Crippen LogP contribution is 2.39. The number of sulfonamides is 1. The largest absolute Gasteiger partial charge is 0.489 e. The molecule has 1 fully saturated rings. The van der Waals surface area contributed by atoms with Crippen LogP contribution in [0.4, 0.5) is 14.5 Å². The molecule has 0 bridgehead atoms. The maximum Gasteiger partial charge on any atom is 0.387 e. The second-order valence-corrected chi connectivity index (χ2v) is 13.1. The van der Waals surface area contributed by atoms with E-state index < -0.39 is 47.1 Å². The Morgan fingerprint density at radius 1 is 1.11 bits per heavy atom. The zero-order valence-corrected chi connectivity index (χ0v) is 27.1. The Morgan fingerprint density at radius 2 is 1.80 bits per heavy atom. The first kappa shape index (κ1) is 34.9. The van der Waals surface area contributed by atoms with E-state index in [1.165, 1.54) is 42.5 Å². The third kappa shape index (κ3) is 8.86. The Kier molecular flexibility index (Phi) is 11.1. The maximum absolute atomic E-state index is 13.3. The van der Waals surface area contributed by atoms with Gasteiger partial charge in [-0.3, -0.25) is 24.0 Å². The smallest absolute Gasteiger partial charge is 0.387 e. The average Bonchev–Trinajstić information content (AvgIpc) is 3.80. The van der Waals surface area contributed by atoms with Gasteiger partial charge in [0.15, 0.2) is 11.5 Å². The van der Waals surface area contributed by atoms with Crippen LogP contribution < -0.4 is 14.2 Å². The summed E-state index contributed by atoms with van der Waals surface area (Å²) >= 11 is 12.8. The fourth-order valence-corrected chi connectivity index (χ4v) is 5.54. The fraction of sp³-hybridized carbons (Fsp3) is 0.323. The van der Waals surface area contributed by atoms with Crippen LogP contribution in [0.3, 0.4) is 0 Å². The zero-order chi connectivity index (χ0) is 33.8. The quantitative estimate of drug-likeness (QED) is 0.126. The zero-order valence-electron chi connectivity index (χ0n) is 24.7. The molecular weight excluding hydrogens is 669 g/mol. The summed E-state index contributed by atoms with van der Waals surface area (Å²) in [5.41, 5.74) is 0.580. The van der Waals surface area contributed by atoms with Gasteiger partial charge in [-0.25, -0.2) is 8.42 Å². The summed E-state index contributed by atoms with van der Waals surface area (Å²) in [6.07, 6.45) is 4.45. The van der Waals surface area contributed by atoms with E-state index in [1.807, 2.05) is 0 Å². The number of amides is 2. The number of imide groups is 1. The molecular formula is C31H30Cl2F2N2O8S. The number of ether oxygens (including phenoxy) is 3. The van der Waals surface area contributed by atoms with E-state index in [-0.39, 0.29) is 57.3 Å². The van der Waals surface area contributed by atoms with Gasteiger partial charge in [0.25, 0.3) is 11.8 Å². The Balaban J connectivity index is 1.63. The SMILES string of the molecule is C=C/C(Cl)=C(C[C@H](OC(=O)CN1C(=O)c2ccc(NS(C)(=O)=O)cc2C1=O)c1ccc(OC(F)F)c(OCC2CC2)c1)\C(Cl)=C/C. The second-order valence-electron chi connectivity index (χ2n) is 10.5. The molecule has 0 aromatic heterocycles. The summed E-state index contributed by atoms with van der Waals surface area (Å²) in [5.74, 6) is -2.54. The Labute approximate surface area is 274 Å². The molecule has 4 rings (SSSR count). The Bertz CT molecular complexity index is 1720. The summed E-state index contributed by atoms with van der Waals surface area (Å²) in [6.45, 7) is 1.69.